The molecule has 1 aromatic rings. The van der Waals surface area contributed by atoms with Crippen molar-refractivity contribution in [1.29, 1.82) is 0 Å². The Morgan fingerprint density at radius 2 is 2.00 bits per heavy atom. The van der Waals surface area contributed by atoms with Gasteiger partial charge >= 0.3 is 106 Å². The van der Waals surface area contributed by atoms with Gasteiger partial charge in [0.25, 0.3) is 0 Å². The van der Waals surface area contributed by atoms with E-state index in [0.29, 0.717) is 0 Å². The van der Waals surface area contributed by atoms with E-state index in [4.69, 9.17) is 11.6 Å². The summed E-state index contributed by atoms with van der Waals surface area (Å²) in [7, 11) is 0. The molecule has 2 rings (SSSR count). The molecule has 0 aromatic heterocycles. The van der Waals surface area contributed by atoms with Gasteiger partial charge in [0.1, 0.15) is 0 Å². The van der Waals surface area contributed by atoms with Gasteiger partial charge in [0.05, 0.1) is 0 Å². The Morgan fingerprint density at radius 3 is 2.60 bits per heavy atom. The summed E-state index contributed by atoms with van der Waals surface area (Å²) < 4.78 is 4.24. The summed E-state index contributed by atoms with van der Waals surface area (Å²) in [5.41, 5.74) is 1.68. The molecule has 0 saturated heterocycles. The predicted octanol–water partition coefficient (Wildman–Crippen LogP) is 2.65. The maximum absolute atomic E-state index is 11.9. The second kappa shape index (κ2) is 5.04. The third-order valence-electron chi connectivity index (χ3n) is 2.27. The fraction of sp³-hybridized carbons (Fsp3) is 0.0833. The zero-order valence-corrected chi connectivity index (χ0v) is 12.1. The number of halogens is 1. The van der Waals surface area contributed by atoms with Crippen LogP contribution in [-0.2, 0) is 4.79 Å². The number of hydrogen-bond donors (Lipinski definition) is 0. The van der Waals surface area contributed by atoms with E-state index in [1.807, 2.05) is 36.4 Å². The Kier molecular flexibility index (Phi) is 3.71. The molecule has 15 heavy (non-hydrogen) atoms. The Balaban J connectivity index is 2.18. The minimum atomic E-state index is -0.691. The average molecular weight is 319 g/mol. The van der Waals surface area contributed by atoms with E-state index in [9.17, 15) is 4.79 Å². The molecular weight excluding hydrogens is 310 g/mol. The molecule has 0 N–H and O–H groups in total. The van der Waals surface area contributed by atoms with Crippen molar-refractivity contribution in [2.24, 2.45) is 0 Å². The molecule has 0 bridgehead atoms. The Bertz CT molecular complexity index is 423. The molecule has 1 aliphatic heterocycles. The monoisotopic (exact) mass is 319 g/mol. The van der Waals surface area contributed by atoms with Crippen LogP contribution in [0, 0.1) is 0 Å². The maximum atomic E-state index is 11.9. The normalized spacial score (nSPS) is 15.7. The van der Waals surface area contributed by atoms with Crippen LogP contribution in [0.1, 0.15) is 10.9 Å². The van der Waals surface area contributed by atoms with Crippen LogP contribution in [0.15, 0.2) is 49.6 Å². The third-order valence-corrected chi connectivity index (χ3v) is 5.48. The number of ketones is 1. The summed E-state index contributed by atoms with van der Waals surface area (Å²) in [4.78, 5) is 11.9. The van der Waals surface area contributed by atoms with Crippen LogP contribution in [0.4, 0.5) is 0 Å². The van der Waals surface area contributed by atoms with Gasteiger partial charge in [0, 0.05) is 0 Å². The van der Waals surface area contributed by atoms with Gasteiger partial charge in [0.15, 0.2) is 0 Å². The van der Waals surface area contributed by atoms with Gasteiger partial charge in [-0.15, -0.1) is 0 Å². The molecule has 0 fully saturated rings. The summed E-state index contributed by atoms with van der Waals surface area (Å²) in [5.74, 6) is 0.0305. The molecule has 1 heterocycles. The van der Waals surface area contributed by atoms with E-state index >= 15 is 0 Å². The van der Waals surface area contributed by atoms with Crippen molar-refractivity contribution in [3.63, 3.8) is 0 Å². The van der Waals surface area contributed by atoms with Gasteiger partial charge in [-0.2, -0.15) is 0 Å². The molecule has 0 amide bonds. The summed E-state index contributed by atoms with van der Waals surface area (Å²) >= 11 is 5.44. The number of allylic oxidation sites excluding steroid dienone is 2. The number of rotatable bonds is 3. The predicted molar refractivity (Wildman–Crippen MR) is 63.0 cm³/mol. The fourth-order valence-corrected chi connectivity index (χ4v) is 4.33. The van der Waals surface area contributed by atoms with Crippen molar-refractivity contribution >= 4 is 40.3 Å². The molecule has 1 aromatic carbocycles. The molecule has 1 nitrogen and oxygen atoms in total. The summed E-state index contributed by atoms with van der Waals surface area (Å²) in [6, 6.07) is 9.48. The topological polar surface area (TPSA) is 17.1 Å². The first kappa shape index (κ1) is 11.0. The van der Waals surface area contributed by atoms with Gasteiger partial charge in [0.2, 0.25) is 0 Å². The second-order valence-corrected chi connectivity index (χ2v) is 6.90. The number of carbonyl (C=O) groups is 1. The number of carbonyl (C=O) groups excluding carboxylic acids is 1. The molecule has 0 spiro atoms. The number of alkyl halides is 1. The first-order valence-electron chi connectivity index (χ1n) is 4.74. The van der Waals surface area contributed by atoms with Gasteiger partial charge in [-0.3, -0.25) is 0 Å². The van der Waals surface area contributed by atoms with E-state index in [0.717, 1.165) is 11.1 Å². The zero-order valence-electron chi connectivity index (χ0n) is 8.06. The van der Waals surface area contributed by atoms with Crippen molar-refractivity contribution in [3.05, 3.63) is 55.2 Å². The van der Waals surface area contributed by atoms with E-state index < -0.39 is 28.3 Å². The molecular formula is C12H9ClInO. The van der Waals surface area contributed by atoms with Crippen LogP contribution < -0.4 is 0 Å². The third kappa shape index (κ3) is 2.56. The van der Waals surface area contributed by atoms with Crippen molar-refractivity contribution in [3.8, 4) is 0 Å². The van der Waals surface area contributed by atoms with Crippen molar-refractivity contribution < 1.29 is 4.79 Å². The van der Waals surface area contributed by atoms with Gasteiger partial charge in [-0.25, -0.2) is 0 Å². The fourth-order valence-electron chi connectivity index (χ4n) is 1.46. The van der Waals surface area contributed by atoms with Crippen molar-refractivity contribution in [1.82, 2.24) is 0 Å². The summed E-state index contributed by atoms with van der Waals surface area (Å²) in [6.45, 7) is 0. The molecule has 0 aliphatic carbocycles. The zero-order chi connectivity index (χ0) is 10.7. The molecule has 1 atom stereocenters. The standard InChI is InChI=1S/C12H9ClO.In/c1-3-9(2)12(14)11(13)10-7-5-4-6-8-10;/h1-8,11H;. The number of hydrogen-bond acceptors (Lipinski definition) is 1. The quantitative estimate of drug-likeness (QED) is 0.783. The SMILES string of the molecule is O=C(C1=[CH][In][CH]=C1)C(Cl)c1ccccc1. The second-order valence-electron chi connectivity index (χ2n) is 3.31. The average Bonchev–Trinajstić information content (AvgIpc) is 2.82. The van der Waals surface area contributed by atoms with E-state index in [-0.39, 0.29) is 5.78 Å². The minimum absolute atomic E-state index is 0.0305. The molecule has 0 saturated carbocycles. The number of benzene rings is 1. The van der Waals surface area contributed by atoms with E-state index in [1.165, 1.54) is 0 Å². The first-order valence-corrected chi connectivity index (χ1v) is 8.98. The number of Topliss-reactive ketones (excluding diaryl/α,β-unsaturated/α-hetero) is 1. The molecule has 73 valence electrons. The van der Waals surface area contributed by atoms with Gasteiger partial charge in [-0.05, 0) is 0 Å². The molecule has 3 heteroatoms. The van der Waals surface area contributed by atoms with Crippen LogP contribution in [-0.4, -0.2) is 28.7 Å². The Hall–Kier alpha value is -0.470. The van der Waals surface area contributed by atoms with E-state index in [2.05, 4.69) is 7.67 Å². The van der Waals surface area contributed by atoms with Crippen LogP contribution in [0.25, 0.3) is 0 Å². The van der Waals surface area contributed by atoms with E-state index in [1.54, 1.807) is 0 Å². The van der Waals surface area contributed by atoms with Crippen molar-refractivity contribution in [2.75, 3.05) is 0 Å². The summed E-state index contributed by atoms with van der Waals surface area (Å²) in [6.07, 6.45) is 1.92. The first-order chi connectivity index (χ1) is 7.29. The van der Waals surface area contributed by atoms with Crippen molar-refractivity contribution in [2.45, 2.75) is 5.38 Å². The molecule has 1 aliphatic rings. The molecule has 1 radical (unpaired) electrons. The van der Waals surface area contributed by atoms with Gasteiger partial charge < -0.3 is 0 Å². The van der Waals surface area contributed by atoms with Crippen LogP contribution >= 0.6 is 11.6 Å². The summed E-state index contributed by atoms with van der Waals surface area (Å²) in [5, 5.41) is -0.539. The Morgan fingerprint density at radius 1 is 1.27 bits per heavy atom. The van der Waals surface area contributed by atoms with Crippen LogP contribution in [0.5, 0.6) is 0 Å². The van der Waals surface area contributed by atoms with Gasteiger partial charge in [-0.1, -0.05) is 0 Å². The Labute approximate surface area is 105 Å². The van der Waals surface area contributed by atoms with Crippen LogP contribution in [0.3, 0.4) is 0 Å². The van der Waals surface area contributed by atoms with Crippen LogP contribution in [0.2, 0.25) is 0 Å². The molecule has 1 unspecified atom stereocenters.